The predicted octanol–water partition coefficient (Wildman–Crippen LogP) is 5.89. The second-order valence-corrected chi connectivity index (χ2v) is 7.41. The fourth-order valence-corrected chi connectivity index (χ4v) is 3.40. The maximum atomic E-state index is 12.9. The minimum Gasteiger partial charge on any atom is -0.267 e. The van der Waals surface area contributed by atoms with Crippen LogP contribution in [0.4, 0.5) is 5.69 Å². The number of rotatable bonds is 6. The van der Waals surface area contributed by atoms with Gasteiger partial charge in [0.15, 0.2) is 0 Å². The number of para-hydroxylation sites is 2. The van der Waals surface area contributed by atoms with Gasteiger partial charge in [-0.1, -0.05) is 54.1 Å². The summed E-state index contributed by atoms with van der Waals surface area (Å²) in [5, 5.41) is 16.3. The van der Waals surface area contributed by atoms with Crippen molar-refractivity contribution in [1.29, 1.82) is 0 Å². The van der Waals surface area contributed by atoms with Crippen LogP contribution in [0, 0.1) is 10.1 Å². The van der Waals surface area contributed by atoms with Gasteiger partial charge in [-0.15, -0.1) is 0 Å². The predicted molar refractivity (Wildman–Crippen MR) is 130 cm³/mol. The topological polar surface area (TPSA) is 97.5 Å². The van der Waals surface area contributed by atoms with Crippen LogP contribution in [0.5, 0.6) is 0 Å². The average molecular weight is 457 g/mol. The summed E-state index contributed by atoms with van der Waals surface area (Å²) in [7, 11) is 0. The molecule has 4 aromatic rings. The monoisotopic (exact) mass is 456 g/mol. The number of allylic oxidation sites excluding steroid dienone is 1. The van der Waals surface area contributed by atoms with Crippen molar-refractivity contribution < 1.29 is 9.72 Å². The van der Waals surface area contributed by atoms with Crippen molar-refractivity contribution in [2.75, 3.05) is 0 Å². The van der Waals surface area contributed by atoms with E-state index in [-0.39, 0.29) is 5.69 Å². The van der Waals surface area contributed by atoms with Gasteiger partial charge in [0.1, 0.15) is 0 Å². The zero-order valence-electron chi connectivity index (χ0n) is 17.2. The summed E-state index contributed by atoms with van der Waals surface area (Å²) in [5.41, 5.74) is 5.49. The number of hydrazone groups is 1. The number of hydrogen-bond donors (Lipinski definition) is 1. The number of halogens is 1. The summed E-state index contributed by atoms with van der Waals surface area (Å²) in [4.78, 5) is 28.2. The Morgan fingerprint density at radius 3 is 2.55 bits per heavy atom. The largest absolute Gasteiger partial charge is 0.276 e. The van der Waals surface area contributed by atoms with E-state index in [4.69, 9.17) is 11.6 Å². The number of carbonyl (C=O) groups is 1. The summed E-state index contributed by atoms with van der Waals surface area (Å²) in [6.45, 7) is 0. The first-order chi connectivity index (χ1) is 16.0. The quantitative estimate of drug-likeness (QED) is 0.222. The molecule has 0 spiro atoms. The van der Waals surface area contributed by atoms with Crippen molar-refractivity contribution in [1.82, 2.24) is 10.4 Å². The first-order valence-electron chi connectivity index (χ1n) is 9.92. The van der Waals surface area contributed by atoms with Gasteiger partial charge in [0, 0.05) is 28.3 Å². The highest BCUT2D eigenvalue weighted by Gasteiger charge is 2.13. The van der Waals surface area contributed by atoms with Crippen LogP contribution in [0.25, 0.3) is 28.2 Å². The minimum absolute atomic E-state index is 0.0100. The number of carbonyl (C=O) groups excluding carboxylic acids is 1. The third-order valence-electron chi connectivity index (χ3n) is 4.84. The van der Waals surface area contributed by atoms with Gasteiger partial charge in [0.2, 0.25) is 0 Å². The van der Waals surface area contributed by atoms with Crippen molar-refractivity contribution in [3.8, 4) is 11.3 Å². The summed E-state index contributed by atoms with van der Waals surface area (Å²) in [6, 6.07) is 22.6. The van der Waals surface area contributed by atoms with Crippen LogP contribution >= 0.6 is 11.6 Å². The Balaban J connectivity index is 1.57. The summed E-state index contributed by atoms with van der Waals surface area (Å²) in [5.74, 6) is -0.404. The van der Waals surface area contributed by atoms with Crippen molar-refractivity contribution >= 4 is 46.4 Å². The van der Waals surface area contributed by atoms with Gasteiger partial charge in [-0.25, -0.2) is 10.4 Å². The van der Waals surface area contributed by atoms with Crippen molar-refractivity contribution in [2.24, 2.45) is 5.10 Å². The average Bonchev–Trinajstić information content (AvgIpc) is 2.83. The van der Waals surface area contributed by atoms with Gasteiger partial charge < -0.3 is 0 Å². The van der Waals surface area contributed by atoms with E-state index in [1.54, 1.807) is 42.5 Å². The number of hydrogen-bond acceptors (Lipinski definition) is 5. The van der Waals surface area contributed by atoms with E-state index in [1.807, 2.05) is 36.4 Å². The molecule has 0 saturated carbocycles. The summed E-state index contributed by atoms with van der Waals surface area (Å²) < 4.78 is 0. The smallest absolute Gasteiger partial charge is 0.267 e. The number of fused-ring (bicyclic) bond motifs is 1. The summed E-state index contributed by atoms with van der Waals surface area (Å²) >= 11 is 5.98. The molecule has 1 N–H and O–H groups in total. The molecule has 0 unspecified atom stereocenters. The second-order valence-electron chi connectivity index (χ2n) is 6.97. The van der Waals surface area contributed by atoms with Crippen molar-refractivity contribution in [2.45, 2.75) is 0 Å². The van der Waals surface area contributed by atoms with Crippen molar-refractivity contribution in [3.63, 3.8) is 0 Å². The molecule has 0 aliphatic heterocycles. The lowest BCUT2D eigenvalue weighted by Crippen LogP contribution is -2.18. The molecule has 0 aliphatic carbocycles. The van der Waals surface area contributed by atoms with E-state index < -0.39 is 10.8 Å². The number of nitro benzene ring substituents is 1. The van der Waals surface area contributed by atoms with Gasteiger partial charge >= 0.3 is 0 Å². The first kappa shape index (κ1) is 21.9. The van der Waals surface area contributed by atoms with Gasteiger partial charge in [-0.3, -0.25) is 14.9 Å². The molecular weight excluding hydrogens is 440 g/mol. The molecule has 7 nitrogen and oxygen atoms in total. The molecule has 1 amide bonds. The molecule has 3 aromatic carbocycles. The molecule has 0 bridgehead atoms. The van der Waals surface area contributed by atoms with Gasteiger partial charge in [-0.2, -0.15) is 5.10 Å². The van der Waals surface area contributed by atoms with Crippen LogP contribution in [-0.2, 0) is 0 Å². The number of pyridine rings is 1. The normalized spacial score (nSPS) is 11.3. The molecule has 0 aliphatic rings. The number of nitro groups is 1. The molecule has 0 atom stereocenters. The lowest BCUT2D eigenvalue weighted by Gasteiger charge is -2.09. The number of amides is 1. The zero-order valence-corrected chi connectivity index (χ0v) is 17.9. The first-order valence-corrected chi connectivity index (χ1v) is 10.3. The molecule has 162 valence electrons. The molecule has 0 saturated heterocycles. The molecule has 0 radical (unpaired) electrons. The van der Waals surface area contributed by atoms with Crippen LogP contribution < -0.4 is 5.43 Å². The van der Waals surface area contributed by atoms with E-state index in [0.29, 0.717) is 32.7 Å². The molecule has 0 fully saturated rings. The zero-order chi connectivity index (χ0) is 23.2. The van der Waals surface area contributed by atoms with Crippen LogP contribution in [0.1, 0.15) is 15.9 Å². The fourth-order valence-electron chi connectivity index (χ4n) is 3.27. The highest BCUT2D eigenvalue weighted by molar-refractivity contribution is 6.30. The molecule has 1 aromatic heterocycles. The Hall–Kier alpha value is -4.36. The number of nitrogens with one attached hydrogen (secondary N) is 1. The van der Waals surface area contributed by atoms with E-state index in [2.05, 4.69) is 15.5 Å². The van der Waals surface area contributed by atoms with Crippen LogP contribution in [0.3, 0.4) is 0 Å². The second kappa shape index (κ2) is 9.84. The van der Waals surface area contributed by atoms with E-state index in [1.165, 1.54) is 18.4 Å². The van der Waals surface area contributed by atoms with Gasteiger partial charge in [-0.05, 0) is 42.5 Å². The Labute approximate surface area is 194 Å². The van der Waals surface area contributed by atoms with Gasteiger partial charge in [0.25, 0.3) is 11.6 Å². The maximum absolute atomic E-state index is 12.9. The Morgan fingerprint density at radius 1 is 1.03 bits per heavy atom. The summed E-state index contributed by atoms with van der Waals surface area (Å²) in [6.07, 6.45) is 4.43. The number of nitrogens with zero attached hydrogens (tertiary/aromatic N) is 3. The van der Waals surface area contributed by atoms with E-state index >= 15 is 0 Å². The lowest BCUT2D eigenvalue weighted by atomic mass is 10.0. The fraction of sp³-hybridized carbons (Fsp3) is 0. The highest BCUT2D eigenvalue weighted by atomic mass is 35.5. The molecule has 1 heterocycles. The number of benzene rings is 3. The van der Waals surface area contributed by atoms with Gasteiger partial charge in [0.05, 0.1) is 27.3 Å². The highest BCUT2D eigenvalue weighted by Crippen LogP contribution is 2.26. The van der Waals surface area contributed by atoms with E-state index in [9.17, 15) is 14.9 Å². The standard InChI is InChI=1S/C25H17ClN4O3/c26-19-13-11-17(12-14-19)23-16-21(20-8-2-3-9-22(20)28-23)25(31)29-27-15-5-7-18-6-1-4-10-24(18)30(32)33/h1-16H,(H,29,31)/b7-5+,27-15+. The molecule has 4 rings (SSSR count). The van der Waals surface area contributed by atoms with Crippen LogP contribution in [0.15, 0.2) is 90.0 Å². The third kappa shape index (κ3) is 5.11. The van der Waals surface area contributed by atoms with E-state index in [0.717, 1.165) is 5.56 Å². The molecular formula is C25H17ClN4O3. The Kier molecular flexibility index (Phi) is 6.52. The van der Waals surface area contributed by atoms with Crippen LogP contribution in [0.2, 0.25) is 5.02 Å². The SMILES string of the molecule is O=C(N/N=C/C=C/c1ccccc1[N+](=O)[O-])c1cc(-c2ccc(Cl)cc2)nc2ccccc12. The Morgan fingerprint density at radius 2 is 1.76 bits per heavy atom. The van der Waals surface area contributed by atoms with Crippen LogP contribution in [-0.4, -0.2) is 22.0 Å². The third-order valence-corrected chi connectivity index (χ3v) is 5.09. The maximum Gasteiger partial charge on any atom is 0.276 e. The molecule has 33 heavy (non-hydrogen) atoms. The molecule has 8 heteroatoms. The number of aromatic nitrogens is 1. The lowest BCUT2D eigenvalue weighted by molar-refractivity contribution is -0.385. The van der Waals surface area contributed by atoms with Crippen molar-refractivity contribution in [3.05, 3.63) is 111 Å². The minimum atomic E-state index is -0.453. The Bertz CT molecular complexity index is 1400.